The first-order chi connectivity index (χ1) is 28.2. The molecule has 0 bridgehead atoms. The lowest BCUT2D eigenvalue weighted by atomic mass is 9.97. The first kappa shape index (κ1) is 33.1. The Balaban J connectivity index is 1.04. The molecule has 0 N–H and O–H groups in total. The number of aromatic nitrogens is 3. The number of thiophene rings is 1. The third-order valence-corrected chi connectivity index (χ3v) is 12.0. The molecule has 11 aromatic rings. The standard InChI is InChI=1S/C53H33N3S/c1-2-10-34(11-3-1)40-23-21-36-22-25-42(32-46(36)31-40)39-15-9-17-44(30-39)52-54-51(43-16-8-14-38(29-43)41-24-20-35-12-4-5-13-37(35)28-41)55-53(56-52)45-26-27-50-48(33-45)47-18-6-7-19-49(47)57-50/h1-33H. The highest BCUT2D eigenvalue weighted by atomic mass is 32.1. The summed E-state index contributed by atoms with van der Waals surface area (Å²) in [5.41, 5.74) is 9.76. The van der Waals surface area contributed by atoms with Gasteiger partial charge < -0.3 is 0 Å². The van der Waals surface area contributed by atoms with E-state index in [0.29, 0.717) is 17.5 Å². The molecule has 0 saturated carbocycles. The molecule has 0 atom stereocenters. The quantitative estimate of drug-likeness (QED) is 0.170. The highest BCUT2D eigenvalue weighted by Gasteiger charge is 2.16. The Bertz CT molecular complexity index is 3310. The Morgan fingerprint density at radius 2 is 0.684 bits per heavy atom. The van der Waals surface area contributed by atoms with Crippen molar-refractivity contribution in [1.82, 2.24) is 15.0 Å². The lowest BCUT2D eigenvalue weighted by molar-refractivity contribution is 1.07. The number of hydrogen-bond donors (Lipinski definition) is 0. The van der Waals surface area contributed by atoms with Crippen molar-refractivity contribution in [1.29, 1.82) is 0 Å². The van der Waals surface area contributed by atoms with Crippen LogP contribution in [0.3, 0.4) is 0 Å². The van der Waals surface area contributed by atoms with Crippen molar-refractivity contribution in [3.63, 3.8) is 0 Å². The highest BCUT2D eigenvalue weighted by molar-refractivity contribution is 7.25. The molecular formula is C53H33N3S. The van der Waals surface area contributed by atoms with Crippen LogP contribution < -0.4 is 0 Å². The third kappa shape index (κ3) is 6.23. The largest absolute Gasteiger partial charge is 0.208 e. The zero-order valence-corrected chi connectivity index (χ0v) is 31.6. The topological polar surface area (TPSA) is 38.7 Å². The molecule has 2 aromatic heterocycles. The SMILES string of the molecule is c1ccc(-c2ccc3ccc(-c4cccc(-c5nc(-c6cccc(-c7ccc8ccccc8c7)c6)nc(-c6ccc7sc8ccccc8c7c6)n5)c4)cc3c2)cc1. The van der Waals surface area contributed by atoms with E-state index in [4.69, 9.17) is 15.0 Å². The van der Waals surface area contributed by atoms with Crippen LogP contribution in [0.2, 0.25) is 0 Å². The van der Waals surface area contributed by atoms with Crippen molar-refractivity contribution in [2.24, 2.45) is 0 Å². The predicted molar refractivity (Wildman–Crippen MR) is 240 cm³/mol. The summed E-state index contributed by atoms with van der Waals surface area (Å²) in [5.74, 6) is 1.92. The summed E-state index contributed by atoms with van der Waals surface area (Å²) >= 11 is 1.81. The van der Waals surface area contributed by atoms with E-state index in [1.165, 1.54) is 52.8 Å². The van der Waals surface area contributed by atoms with Gasteiger partial charge in [-0.2, -0.15) is 0 Å². The van der Waals surface area contributed by atoms with Crippen molar-refractivity contribution in [2.45, 2.75) is 0 Å². The molecule has 0 radical (unpaired) electrons. The van der Waals surface area contributed by atoms with Crippen LogP contribution in [0.15, 0.2) is 200 Å². The van der Waals surface area contributed by atoms with Gasteiger partial charge in [-0.15, -0.1) is 11.3 Å². The molecule has 0 aliphatic carbocycles. The molecule has 0 spiro atoms. The van der Waals surface area contributed by atoms with E-state index in [0.717, 1.165) is 38.9 Å². The zero-order chi connectivity index (χ0) is 37.7. The van der Waals surface area contributed by atoms with Crippen molar-refractivity contribution in [3.8, 4) is 67.5 Å². The maximum Gasteiger partial charge on any atom is 0.164 e. The van der Waals surface area contributed by atoms with Crippen molar-refractivity contribution < 1.29 is 0 Å². The van der Waals surface area contributed by atoms with Crippen LogP contribution in [0.4, 0.5) is 0 Å². The summed E-state index contributed by atoms with van der Waals surface area (Å²) in [6.07, 6.45) is 0. The molecule has 3 nitrogen and oxygen atoms in total. The molecule has 0 fully saturated rings. The van der Waals surface area contributed by atoms with Gasteiger partial charge in [-0.1, -0.05) is 146 Å². The minimum absolute atomic E-state index is 0.635. The Labute approximate surface area is 334 Å². The van der Waals surface area contributed by atoms with Gasteiger partial charge in [0, 0.05) is 36.9 Å². The van der Waals surface area contributed by atoms with Crippen molar-refractivity contribution >= 4 is 53.1 Å². The number of rotatable bonds is 6. The molecule has 0 aliphatic heterocycles. The molecule has 2 heterocycles. The molecule has 0 amide bonds. The Morgan fingerprint density at radius 1 is 0.246 bits per heavy atom. The summed E-state index contributed by atoms with van der Waals surface area (Å²) in [7, 11) is 0. The summed E-state index contributed by atoms with van der Waals surface area (Å²) in [4.78, 5) is 15.6. The summed E-state index contributed by atoms with van der Waals surface area (Å²) in [5, 5.41) is 7.31. The van der Waals surface area contributed by atoms with Crippen LogP contribution in [0.5, 0.6) is 0 Å². The van der Waals surface area contributed by atoms with E-state index in [2.05, 4.69) is 200 Å². The fourth-order valence-electron chi connectivity index (χ4n) is 7.91. The number of fused-ring (bicyclic) bond motifs is 5. The van der Waals surface area contributed by atoms with Crippen molar-refractivity contribution in [2.75, 3.05) is 0 Å². The fourth-order valence-corrected chi connectivity index (χ4v) is 9.00. The van der Waals surface area contributed by atoms with Crippen LogP contribution in [-0.4, -0.2) is 15.0 Å². The molecule has 266 valence electrons. The number of nitrogens with zero attached hydrogens (tertiary/aromatic N) is 3. The summed E-state index contributed by atoms with van der Waals surface area (Å²) in [6.45, 7) is 0. The normalized spacial score (nSPS) is 11.5. The monoisotopic (exact) mass is 743 g/mol. The van der Waals surface area contributed by atoms with Gasteiger partial charge in [-0.3, -0.25) is 0 Å². The maximum atomic E-state index is 5.20. The van der Waals surface area contributed by atoms with Gasteiger partial charge in [0.2, 0.25) is 0 Å². The van der Waals surface area contributed by atoms with Crippen LogP contribution in [-0.2, 0) is 0 Å². The molecule has 9 aromatic carbocycles. The van der Waals surface area contributed by atoms with Gasteiger partial charge in [-0.25, -0.2) is 15.0 Å². The first-order valence-electron chi connectivity index (χ1n) is 19.2. The molecular weight excluding hydrogens is 711 g/mol. The molecule has 0 saturated heterocycles. The second-order valence-electron chi connectivity index (χ2n) is 14.5. The van der Waals surface area contributed by atoms with E-state index in [1.807, 2.05) is 11.3 Å². The zero-order valence-electron chi connectivity index (χ0n) is 30.8. The van der Waals surface area contributed by atoms with Gasteiger partial charge in [-0.05, 0) is 110 Å². The van der Waals surface area contributed by atoms with E-state index in [1.54, 1.807) is 0 Å². The lowest BCUT2D eigenvalue weighted by Crippen LogP contribution is -2.00. The highest BCUT2D eigenvalue weighted by Crippen LogP contribution is 2.37. The van der Waals surface area contributed by atoms with E-state index < -0.39 is 0 Å². The minimum Gasteiger partial charge on any atom is -0.208 e. The number of benzene rings is 9. The van der Waals surface area contributed by atoms with E-state index >= 15 is 0 Å². The predicted octanol–water partition coefficient (Wildman–Crippen LogP) is 14.5. The number of hydrogen-bond acceptors (Lipinski definition) is 4. The van der Waals surface area contributed by atoms with Gasteiger partial charge in [0.05, 0.1) is 0 Å². The molecule has 57 heavy (non-hydrogen) atoms. The third-order valence-electron chi connectivity index (χ3n) is 10.9. The molecule has 4 heteroatoms. The van der Waals surface area contributed by atoms with Gasteiger partial charge in [0.1, 0.15) is 0 Å². The van der Waals surface area contributed by atoms with Crippen LogP contribution in [0, 0.1) is 0 Å². The average Bonchev–Trinajstić information content (AvgIpc) is 3.67. The summed E-state index contributed by atoms with van der Waals surface area (Å²) in [6, 6.07) is 71.3. The molecule has 11 rings (SSSR count). The Morgan fingerprint density at radius 3 is 1.35 bits per heavy atom. The molecule has 0 unspecified atom stereocenters. The Kier molecular flexibility index (Phi) is 8.01. The first-order valence-corrected chi connectivity index (χ1v) is 20.0. The minimum atomic E-state index is 0.635. The fraction of sp³-hybridized carbons (Fsp3) is 0. The van der Waals surface area contributed by atoms with Gasteiger partial charge >= 0.3 is 0 Å². The maximum absolute atomic E-state index is 5.20. The average molecular weight is 744 g/mol. The second kappa shape index (κ2) is 13.8. The smallest absolute Gasteiger partial charge is 0.164 e. The molecule has 0 aliphatic rings. The van der Waals surface area contributed by atoms with Crippen LogP contribution in [0.25, 0.3) is 109 Å². The van der Waals surface area contributed by atoms with Crippen LogP contribution >= 0.6 is 11.3 Å². The van der Waals surface area contributed by atoms with E-state index in [-0.39, 0.29) is 0 Å². The van der Waals surface area contributed by atoms with Gasteiger partial charge in [0.25, 0.3) is 0 Å². The van der Waals surface area contributed by atoms with Gasteiger partial charge in [0.15, 0.2) is 17.5 Å². The van der Waals surface area contributed by atoms with Crippen molar-refractivity contribution in [3.05, 3.63) is 200 Å². The van der Waals surface area contributed by atoms with Crippen LogP contribution in [0.1, 0.15) is 0 Å². The lowest BCUT2D eigenvalue weighted by Gasteiger charge is -2.11. The van der Waals surface area contributed by atoms with E-state index in [9.17, 15) is 0 Å². The second-order valence-corrected chi connectivity index (χ2v) is 15.6. The Hall–Kier alpha value is -7.27. The summed E-state index contributed by atoms with van der Waals surface area (Å²) < 4.78 is 2.52.